The van der Waals surface area contributed by atoms with Gasteiger partial charge in [-0.3, -0.25) is 0 Å². The first-order chi connectivity index (χ1) is 8.20. The lowest BCUT2D eigenvalue weighted by molar-refractivity contribution is 0.236. The smallest absolute Gasteiger partial charge is 0.0545 e. The average Bonchev–Trinajstić information content (AvgIpc) is 2.73. The molecule has 17 heavy (non-hydrogen) atoms. The Bertz CT molecular complexity index is 342. The van der Waals surface area contributed by atoms with Crippen molar-refractivity contribution in [1.29, 1.82) is 0 Å². The van der Waals surface area contributed by atoms with Crippen LogP contribution < -0.4 is 5.32 Å². The van der Waals surface area contributed by atoms with Gasteiger partial charge >= 0.3 is 0 Å². The molecule has 96 valence electrons. The van der Waals surface area contributed by atoms with Gasteiger partial charge in [-0.2, -0.15) is 0 Å². The van der Waals surface area contributed by atoms with E-state index in [1.165, 1.54) is 30.6 Å². The van der Waals surface area contributed by atoms with Crippen molar-refractivity contribution in [2.75, 3.05) is 7.05 Å². The van der Waals surface area contributed by atoms with Crippen molar-refractivity contribution >= 4 is 22.9 Å². The molecule has 3 heteroatoms. The van der Waals surface area contributed by atoms with Crippen LogP contribution in [0.5, 0.6) is 0 Å². The van der Waals surface area contributed by atoms with E-state index in [1.807, 2.05) is 6.07 Å². The molecule has 1 aromatic rings. The van der Waals surface area contributed by atoms with Gasteiger partial charge in [-0.1, -0.05) is 31.4 Å². The molecular formula is C14H22ClNS. The summed E-state index contributed by atoms with van der Waals surface area (Å²) in [5, 5.41) is 6.53. The second-order valence-corrected chi connectivity index (χ2v) is 6.72. The number of hydrogen-bond acceptors (Lipinski definition) is 2. The summed E-state index contributed by atoms with van der Waals surface area (Å²) in [5.74, 6) is 1.75. The second kappa shape index (κ2) is 6.21. The number of thiophene rings is 1. The van der Waals surface area contributed by atoms with Crippen LogP contribution in [0.15, 0.2) is 11.4 Å². The van der Waals surface area contributed by atoms with Crippen molar-refractivity contribution in [3.05, 3.63) is 21.3 Å². The topological polar surface area (TPSA) is 12.0 Å². The third-order valence-corrected chi connectivity index (χ3v) is 5.51. The molecule has 0 spiro atoms. The number of likely N-dealkylation sites (N-methyl/N-ethyl adjacent to an activating group) is 1. The highest BCUT2D eigenvalue weighted by Crippen LogP contribution is 2.33. The van der Waals surface area contributed by atoms with Crippen LogP contribution in [0.1, 0.15) is 37.5 Å². The molecule has 0 radical (unpaired) electrons. The summed E-state index contributed by atoms with van der Waals surface area (Å²) in [5.41, 5.74) is 0. The maximum atomic E-state index is 6.19. The van der Waals surface area contributed by atoms with Crippen LogP contribution in [0.3, 0.4) is 0 Å². The molecule has 0 aromatic carbocycles. The molecular weight excluding hydrogens is 250 g/mol. The fourth-order valence-corrected chi connectivity index (χ4v) is 4.04. The minimum Gasteiger partial charge on any atom is -0.316 e. The summed E-state index contributed by atoms with van der Waals surface area (Å²) in [7, 11) is 2.09. The highest BCUT2D eigenvalue weighted by molar-refractivity contribution is 7.10. The third kappa shape index (κ3) is 3.46. The number of hydrogen-bond donors (Lipinski definition) is 1. The van der Waals surface area contributed by atoms with Crippen LogP contribution >= 0.6 is 22.9 Å². The zero-order chi connectivity index (χ0) is 12.3. The minimum atomic E-state index is 0.596. The van der Waals surface area contributed by atoms with Gasteiger partial charge in [0.15, 0.2) is 0 Å². The molecule has 0 bridgehead atoms. The Hall–Kier alpha value is -0.0500. The van der Waals surface area contributed by atoms with E-state index >= 15 is 0 Å². The zero-order valence-corrected chi connectivity index (χ0v) is 12.3. The van der Waals surface area contributed by atoms with Crippen LogP contribution in [0, 0.1) is 11.8 Å². The van der Waals surface area contributed by atoms with Gasteiger partial charge in [0.2, 0.25) is 0 Å². The molecule has 1 aliphatic carbocycles. The molecule has 1 aliphatic rings. The number of halogens is 1. The standard InChI is InChI=1S/C14H22ClNS/c1-10-3-5-11(6-4-10)13(16-2)9-14-12(15)7-8-17-14/h7-8,10-11,13,16H,3-6,9H2,1-2H3. The molecule has 2 rings (SSSR count). The van der Waals surface area contributed by atoms with Gasteiger partial charge in [-0.25, -0.2) is 0 Å². The Morgan fingerprint density at radius 3 is 2.65 bits per heavy atom. The van der Waals surface area contributed by atoms with E-state index in [9.17, 15) is 0 Å². The largest absolute Gasteiger partial charge is 0.316 e. The van der Waals surface area contributed by atoms with E-state index in [1.54, 1.807) is 11.3 Å². The summed E-state index contributed by atoms with van der Waals surface area (Å²) in [6.45, 7) is 2.38. The molecule has 0 aliphatic heterocycles. The number of nitrogens with one attached hydrogen (secondary N) is 1. The third-order valence-electron chi connectivity index (χ3n) is 4.10. The van der Waals surface area contributed by atoms with Crippen LogP contribution in [-0.2, 0) is 6.42 Å². The molecule has 1 heterocycles. The monoisotopic (exact) mass is 271 g/mol. The van der Waals surface area contributed by atoms with E-state index < -0.39 is 0 Å². The van der Waals surface area contributed by atoms with E-state index in [4.69, 9.17) is 11.6 Å². The van der Waals surface area contributed by atoms with Gasteiger partial charge in [0, 0.05) is 10.9 Å². The molecule has 1 aromatic heterocycles. The fourth-order valence-electron chi connectivity index (χ4n) is 2.86. The molecule has 1 unspecified atom stereocenters. The minimum absolute atomic E-state index is 0.596. The predicted octanol–water partition coefficient (Wildman–Crippen LogP) is 4.36. The van der Waals surface area contributed by atoms with E-state index in [2.05, 4.69) is 24.7 Å². The van der Waals surface area contributed by atoms with Gasteiger partial charge in [-0.15, -0.1) is 11.3 Å². The molecule has 1 fully saturated rings. The first kappa shape index (κ1) is 13.4. The molecule has 1 atom stereocenters. The summed E-state index contributed by atoms with van der Waals surface area (Å²) < 4.78 is 0. The van der Waals surface area contributed by atoms with Gasteiger partial charge in [0.05, 0.1) is 5.02 Å². The van der Waals surface area contributed by atoms with Crippen LogP contribution in [0.25, 0.3) is 0 Å². The highest BCUT2D eigenvalue weighted by Gasteiger charge is 2.25. The van der Waals surface area contributed by atoms with Gasteiger partial charge < -0.3 is 5.32 Å². The van der Waals surface area contributed by atoms with Crippen molar-refractivity contribution < 1.29 is 0 Å². The van der Waals surface area contributed by atoms with Crippen molar-refractivity contribution in [2.24, 2.45) is 11.8 Å². The SMILES string of the molecule is CNC(Cc1sccc1Cl)C1CCC(C)CC1. The maximum Gasteiger partial charge on any atom is 0.0545 e. The molecule has 1 N–H and O–H groups in total. The Labute approximate surface area is 114 Å². The Morgan fingerprint density at radius 2 is 2.12 bits per heavy atom. The molecule has 1 nitrogen and oxygen atoms in total. The van der Waals surface area contributed by atoms with Crippen LogP contribution in [0.4, 0.5) is 0 Å². The molecule has 0 saturated heterocycles. The molecule has 0 amide bonds. The van der Waals surface area contributed by atoms with Crippen molar-refractivity contribution in [2.45, 2.75) is 45.1 Å². The Kier molecular flexibility index (Phi) is 4.89. The predicted molar refractivity (Wildman–Crippen MR) is 77.0 cm³/mol. The van der Waals surface area contributed by atoms with E-state index in [-0.39, 0.29) is 0 Å². The Morgan fingerprint density at radius 1 is 1.41 bits per heavy atom. The first-order valence-corrected chi connectivity index (χ1v) is 7.85. The number of rotatable bonds is 4. The second-order valence-electron chi connectivity index (χ2n) is 5.31. The van der Waals surface area contributed by atoms with Gasteiger partial charge in [0.25, 0.3) is 0 Å². The highest BCUT2D eigenvalue weighted by atomic mass is 35.5. The van der Waals surface area contributed by atoms with Crippen molar-refractivity contribution in [3.8, 4) is 0 Å². The lowest BCUT2D eigenvalue weighted by Gasteiger charge is -2.32. The summed E-state index contributed by atoms with van der Waals surface area (Å²) in [6.07, 6.45) is 6.61. The molecule has 1 saturated carbocycles. The average molecular weight is 272 g/mol. The van der Waals surface area contributed by atoms with Crippen molar-refractivity contribution in [3.63, 3.8) is 0 Å². The summed E-state index contributed by atoms with van der Waals surface area (Å²) in [6, 6.07) is 2.61. The van der Waals surface area contributed by atoms with Crippen LogP contribution in [0.2, 0.25) is 5.02 Å². The Balaban J connectivity index is 1.95. The van der Waals surface area contributed by atoms with Crippen molar-refractivity contribution in [1.82, 2.24) is 5.32 Å². The van der Waals surface area contributed by atoms with E-state index in [0.717, 1.165) is 23.3 Å². The summed E-state index contributed by atoms with van der Waals surface area (Å²) in [4.78, 5) is 1.34. The lowest BCUT2D eigenvalue weighted by atomic mass is 9.78. The van der Waals surface area contributed by atoms with Gasteiger partial charge in [-0.05, 0) is 49.6 Å². The fraction of sp³-hybridized carbons (Fsp3) is 0.714. The zero-order valence-electron chi connectivity index (χ0n) is 10.7. The van der Waals surface area contributed by atoms with Crippen LogP contribution in [-0.4, -0.2) is 13.1 Å². The first-order valence-electron chi connectivity index (χ1n) is 6.59. The maximum absolute atomic E-state index is 6.19. The van der Waals surface area contributed by atoms with E-state index in [0.29, 0.717) is 6.04 Å². The van der Waals surface area contributed by atoms with Gasteiger partial charge in [0.1, 0.15) is 0 Å². The normalized spacial score (nSPS) is 27.0. The lowest BCUT2D eigenvalue weighted by Crippen LogP contribution is -2.37. The quantitative estimate of drug-likeness (QED) is 0.858. The summed E-state index contributed by atoms with van der Waals surface area (Å²) >= 11 is 7.97.